The molecular formula is C26H20Cl2N2O5S. The van der Waals surface area contributed by atoms with Gasteiger partial charge in [-0.1, -0.05) is 53.5 Å². The number of anilines is 1. The zero-order valence-electron chi connectivity index (χ0n) is 19.2. The van der Waals surface area contributed by atoms with Crippen molar-refractivity contribution in [3.63, 3.8) is 0 Å². The van der Waals surface area contributed by atoms with Crippen LogP contribution in [0.15, 0.2) is 71.6 Å². The summed E-state index contributed by atoms with van der Waals surface area (Å²) in [6.45, 7) is 1.14. The molecule has 0 atom stereocenters. The Morgan fingerprint density at radius 3 is 2.47 bits per heavy atom. The lowest BCUT2D eigenvalue weighted by Gasteiger charge is -2.15. The number of benzene rings is 3. The molecule has 184 valence electrons. The Morgan fingerprint density at radius 2 is 1.75 bits per heavy atom. The van der Waals surface area contributed by atoms with Gasteiger partial charge in [-0.3, -0.25) is 4.79 Å². The Balaban J connectivity index is 1.61. The molecule has 0 saturated heterocycles. The summed E-state index contributed by atoms with van der Waals surface area (Å²) in [6.07, 6.45) is 1.04. The van der Waals surface area contributed by atoms with Crippen molar-refractivity contribution in [1.29, 1.82) is 0 Å². The van der Waals surface area contributed by atoms with E-state index in [2.05, 4.69) is 5.32 Å². The molecule has 0 aliphatic heterocycles. The molecule has 0 aliphatic rings. The number of aromatic nitrogens is 1. The first-order valence-electron chi connectivity index (χ1n) is 10.7. The monoisotopic (exact) mass is 542 g/mol. The smallest absolute Gasteiger partial charge is 0.339 e. The number of halogens is 2. The molecule has 0 unspecified atom stereocenters. The number of pyridine rings is 1. The number of para-hydroxylation sites is 1. The van der Waals surface area contributed by atoms with Gasteiger partial charge in [-0.15, -0.1) is 0 Å². The van der Waals surface area contributed by atoms with Crippen LogP contribution in [0.3, 0.4) is 0 Å². The summed E-state index contributed by atoms with van der Waals surface area (Å²) in [5.74, 6) is -1.39. The molecule has 1 aromatic heterocycles. The fourth-order valence-electron chi connectivity index (χ4n) is 3.71. The second-order valence-electron chi connectivity index (χ2n) is 8.03. The number of sulfone groups is 1. The van der Waals surface area contributed by atoms with Crippen molar-refractivity contribution in [3.05, 3.63) is 87.9 Å². The second-order valence-corrected chi connectivity index (χ2v) is 10.9. The van der Waals surface area contributed by atoms with E-state index in [0.29, 0.717) is 27.2 Å². The average Bonchev–Trinajstić information content (AvgIpc) is 2.83. The summed E-state index contributed by atoms with van der Waals surface area (Å²) in [5, 5.41) is 3.74. The van der Waals surface area contributed by atoms with Gasteiger partial charge in [0, 0.05) is 22.2 Å². The predicted octanol–water partition coefficient (Wildman–Crippen LogP) is 5.72. The maximum absolute atomic E-state index is 13.2. The number of amides is 1. The topological polar surface area (TPSA) is 102 Å². The minimum Gasteiger partial charge on any atom is -0.452 e. The van der Waals surface area contributed by atoms with Crippen LogP contribution in [0.25, 0.3) is 22.2 Å². The van der Waals surface area contributed by atoms with Gasteiger partial charge in [0.25, 0.3) is 5.91 Å². The number of hydrogen-bond donors (Lipinski definition) is 1. The van der Waals surface area contributed by atoms with Crippen LogP contribution in [0.5, 0.6) is 0 Å². The molecule has 4 rings (SSSR count). The molecule has 3 aromatic carbocycles. The minimum atomic E-state index is -3.50. The quantitative estimate of drug-likeness (QED) is 0.313. The van der Waals surface area contributed by atoms with Crippen LogP contribution in [0.1, 0.15) is 15.9 Å². The van der Waals surface area contributed by atoms with E-state index in [1.165, 1.54) is 18.2 Å². The van der Waals surface area contributed by atoms with E-state index in [1.807, 2.05) is 12.1 Å². The van der Waals surface area contributed by atoms with Gasteiger partial charge in [-0.25, -0.2) is 18.2 Å². The van der Waals surface area contributed by atoms with Crippen molar-refractivity contribution in [2.24, 2.45) is 0 Å². The third-order valence-corrected chi connectivity index (χ3v) is 7.09. The summed E-state index contributed by atoms with van der Waals surface area (Å²) in [5.41, 5.74) is 2.83. The Kier molecular flexibility index (Phi) is 7.31. The van der Waals surface area contributed by atoms with E-state index in [-0.39, 0.29) is 21.2 Å². The zero-order chi connectivity index (χ0) is 26.0. The molecule has 0 saturated carbocycles. The maximum atomic E-state index is 13.2. The number of fused-ring (bicyclic) bond motifs is 1. The molecule has 1 N–H and O–H groups in total. The minimum absolute atomic E-state index is 0.00776. The molecule has 36 heavy (non-hydrogen) atoms. The molecule has 4 aromatic rings. The molecule has 0 fully saturated rings. The van der Waals surface area contributed by atoms with Gasteiger partial charge in [-0.2, -0.15) is 0 Å². The number of nitrogens with zero attached hydrogens (tertiary/aromatic N) is 1. The SMILES string of the molecule is Cc1c(-c2cccc(Cl)c2)nc2ccccc2c1C(=O)OCC(=O)Nc1cc(S(C)(=O)=O)ccc1Cl. The third-order valence-electron chi connectivity index (χ3n) is 5.41. The highest BCUT2D eigenvalue weighted by Gasteiger charge is 2.21. The average molecular weight is 543 g/mol. The fourth-order valence-corrected chi connectivity index (χ4v) is 4.71. The summed E-state index contributed by atoms with van der Waals surface area (Å²) >= 11 is 12.2. The lowest BCUT2D eigenvalue weighted by molar-refractivity contribution is -0.119. The van der Waals surface area contributed by atoms with E-state index in [9.17, 15) is 18.0 Å². The summed E-state index contributed by atoms with van der Waals surface area (Å²) in [6, 6.07) is 18.2. The van der Waals surface area contributed by atoms with Gasteiger partial charge in [0.1, 0.15) is 0 Å². The van der Waals surface area contributed by atoms with Crippen LogP contribution < -0.4 is 5.32 Å². The van der Waals surface area contributed by atoms with Crippen LogP contribution >= 0.6 is 23.2 Å². The van der Waals surface area contributed by atoms with Crippen LogP contribution in [-0.2, 0) is 19.4 Å². The zero-order valence-corrected chi connectivity index (χ0v) is 21.5. The van der Waals surface area contributed by atoms with E-state index >= 15 is 0 Å². The summed E-state index contributed by atoms with van der Waals surface area (Å²) in [7, 11) is -3.50. The van der Waals surface area contributed by atoms with Gasteiger partial charge >= 0.3 is 5.97 Å². The number of hydrogen-bond acceptors (Lipinski definition) is 6. The fraction of sp³-hybridized carbons (Fsp3) is 0.115. The van der Waals surface area contributed by atoms with Crippen LogP contribution in [0, 0.1) is 6.92 Å². The van der Waals surface area contributed by atoms with Crippen molar-refractivity contribution in [1.82, 2.24) is 4.98 Å². The second kappa shape index (κ2) is 10.3. The van der Waals surface area contributed by atoms with Gasteiger partial charge in [0.05, 0.1) is 32.4 Å². The van der Waals surface area contributed by atoms with Crippen molar-refractivity contribution in [2.75, 3.05) is 18.2 Å². The van der Waals surface area contributed by atoms with E-state index < -0.39 is 28.3 Å². The Labute approximate surface area is 217 Å². The van der Waals surface area contributed by atoms with Gasteiger partial charge in [0.15, 0.2) is 16.4 Å². The van der Waals surface area contributed by atoms with Gasteiger partial charge in [-0.05, 0) is 48.9 Å². The molecule has 0 spiro atoms. The Bertz CT molecular complexity index is 1620. The highest BCUT2D eigenvalue weighted by Crippen LogP contribution is 2.31. The molecular weight excluding hydrogens is 523 g/mol. The highest BCUT2D eigenvalue weighted by molar-refractivity contribution is 7.90. The van der Waals surface area contributed by atoms with Gasteiger partial charge < -0.3 is 10.1 Å². The Morgan fingerprint density at radius 1 is 1.00 bits per heavy atom. The van der Waals surface area contributed by atoms with Gasteiger partial charge in [0.2, 0.25) is 0 Å². The van der Waals surface area contributed by atoms with E-state index in [4.69, 9.17) is 32.9 Å². The summed E-state index contributed by atoms with van der Waals surface area (Å²) < 4.78 is 28.9. The van der Waals surface area contributed by atoms with Crippen LogP contribution in [0.4, 0.5) is 5.69 Å². The molecule has 0 aliphatic carbocycles. The number of carbonyl (C=O) groups excluding carboxylic acids is 2. The Hall–Kier alpha value is -3.46. The number of carbonyl (C=O) groups is 2. The molecule has 1 amide bonds. The molecule has 1 heterocycles. The summed E-state index contributed by atoms with van der Waals surface area (Å²) in [4.78, 5) is 30.4. The first-order chi connectivity index (χ1) is 17.0. The lowest BCUT2D eigenvalue weighted by Crippen LogP contribution is -2.22. The number of ether oxygens (including phenoxy) is 1. The molecule has 7 nitrogen and oxygen atoms in total. The lowest BCUT2D eigenvalue weighted by atomic mass is 9.98. The third kappa shape index (κ3) is 5.51. The number of nitrogens with one attached hydrogen (secondary N) is 1. The number of esters is 1. The van der Waals surface area contributed by atoms with Crippen LogP contribution in [0.2, 0.25) is 10.0 Å². The molecule has 10 heteroatoms. The largest absolute Gasteiger partial charge is 0.452 e. The van der Waals surface area contributed by atoms with Crippen molar-refractivity contribution in [2.45, 2.75) is 11.8 Å². The predicted molar refractivity (Wildman–Crippen MR) is 140 cm³/mol. The van der Waals surface area contributed by atoms with Crippen LogP contribution in [-0.4, -0.2) is 38.1 Å². The maximum Gasteiger partial charge on any atom is 0.339 e. The van der Waals surface area contributed by atoms with E-state index in [1.54, 1.807) is 43.3 Å². The highest BCUT2D eigenvalue weighted by atomic mass is 35.5. The first-order valence-corrected chi connectivity index (χ1v) is 13.3. The van der Waals surface area contributed by atoms with Crippen molar-refractivity contribution >= 4 is 61.5 Å². The molecule has 0 radical (unpaired) electrons. The molecule has 0 bridgehead atoms. The van der Waals surface area contributed by atoms with E-state index in [0.717, 1.165) is 11.8 Å². The normalized spacial score (nSPS) is 11.3. The first kappa shape index (κ1) is 25.6. The van der Waals surface area contributed by atoms with Crippen molar-refractivity contribution in [3.8, 4) is 11.3 Å². The van der Waals surface area contributed by atoms with Crippen molar-refractivity contribution < 1.29 is 22.7 Å². The number of rotatable bonds is 6. The standard InChI is InChI=1S/C26H20Cl2N2O5S/c1-15-24(19-8-3-4-9-21(19)30-25(15)16-6-5-7-17(27)12-16)26(32)35-14-23(31)29-22-13-18(36(2,33)34)10-11-20(22)28/h3-13H,14H2,1-2H3,(H,29,31).